The lowest BCUT2D eigenvalue weighted by molar-refractivity contribution is -0.384. The predicted molar refractivity (Wildman–Crippen MR) is 80.1 cm³/mol. The molecule has 0 amide bonds. The zero-order valence-electron chi connectivity index (χ0n) is 12.6. The van der Waals surface area contributed by atoms with Crippen molar-refractivity contribution in [3.63, 3.8) is 0 Å². The van der Waals surface area contributed by atoms with Crippen molar-refractivity contribution in [2.75, 3.05) is 17.2 Å². The highest BCUT2D eigenvalue weighted by molar-refractivity contribution is 5.58. The molecule has 0 aromatic carbocycles. The molecule has 1 aromatic heterocycles. The Bertz CT molecular complexity index is 460. The Balaban J connectivity index is 3.08. The molecular weight excluding hydrogens is 258 g/mol. The fourth-order valence-electron chi connectivity index (χ4n) is 1.64. The van der Waals surface area contributed by atoms with Crippen LogP contribution in [0.2, 0.25) is 0 Å². The smallest absolute Gasteiger partial charge is 0.329 e. The van der Waals surface area contributed by atoms with Crippen molar-refractivity contribution in [1.82, 2.24) is 9.97 Å². The standard InChI is InChI=1S/C13H23N5O2/c1-5-8-14-12-15-9-10(18(19)20)11(16-12)17-13(4,6-2)7-3/h9H,5-8H2,1-4H3,(H2,14,15,16,17). The van der Waals surface area contributed by atoms with Gasteiger partial charge >= 0.3 is 5.69 Å². The van der Waals surface area contributed by atoms with E-state index in [-0.39, 0.29) is 17.0 Å². The SMILES string of the molecule is CCCNc1ncc([N+](=O)[O-])c(NC(C)(CC)CC)n1. The Kier molecular flexibility index (Phi) is 5.66. The van der Waals surface area contributed by atoms with Gasteiger partial charge in [-0.1, -0.05) is 20.8 Å². The van der Waals surface area contributed by atoms with E-state index in [0.717, 1.165) is 25.8 Å². The first kappa shape index (κ1) is 16.1. The first-order valence-corrected chi connectivity index (χ1v) is 6.99. The summed E-state index contributed by atoms with van der Waals surface area (Å²) in [6, 6.07) is 0. The summed E-state index contributed by atoms with van der Waals surface area (Å²) in [6.45, 7) is 8.87. The van der Waals surface area contributed by atoms with Crippen molar-refractivity contribution in [2.24, 2.45) is 0 Å². The van der Waals surface area contributed by atoms with Crippen molar-refractivity contribution < 1.29 is 4.92 Å². The molecule has 0 aliphatic carbocycles. The van der Waals surface area contributed by atoms with Crippen LogP contribution in [0.5, 0.6) is 0 Å². The predicted octanol–water partition coefficient (Wildman–Crippen LogP) is 3.20. The van der Waals surface area contributed by atoms with Gasteiger partial charge in [0.05, 0.1) is 4.92 Å². The fraction of sp³-hybridized carbons (Fsp3) is 0.692. The Morgan fingerprint density at radius 3 is 2.50 bits per heavy atom. The van der Waals surface area contributed by atoms with Gasteiger partial charge in [-0.2, -0.15) is 4.98 Å². The number of hydrogen-bond donors (Lipinski definition) is 2. The number of aromatic nitrogens is 2. The van der Waals surface area contributed by atoms with Gasteiger partial charge in [0.2, 0.25) is 11.8 Å². The molecule has 112 valence electrons. The Morgan fingerprint density at radius 2 is 2.00 bits per heavy atom. The Morgan fingerprint density at radius 1 is 1.35 bits per heavy atom. The monoisotopic (exact) mass is 281 g/mol. The van der Waals surface area contributed by atoms with Crippen molar-refractivity contribution >= 4 is 17.5 Å². The molecule has 0 saturated heterocycles. The molecule has 1 rings (SSSR count). The molecule has 0 aliphatic rings. The summed E-state index contributed by atoms with van der Waals surface area (Å²) in [5.41, 5.74) is -0.318. The number of rotatable bonds is 8. The third kappa shape index (κ3) is 4.04. The summed E-state index contributed by atoms with van der Waals surface area (Å²) >= 11 is 0. The van der Waals surface area contributed by atoms with Gasteiger partial charge in [-0.05, 0) is 26.2 Å². The van der Waals surface area contributed by atoms with Crippen LogP contribution in [0.1, 0.15) is 47.0 Å². The third-order valence-corrected chi connectivity index (χ3v) is 3.48. The van der Waals surface area contributed by atoms with Crippen LogP contribution in [-0.4, -0.2) is 27.0 Å². The molecule has 0 radical (unpaired) electrons. The topological polar surface area (TPSA) is 93.0 Å². The van der Waals surface area contributed by atoms with E-state index in [9.17, 15) is 10.1 Å². The third-order valence-electron chi connectivity index (χ3n) is 3.48. The summed E-state index contributed by atoms with van der Waals surface area (Å²) < 4.78 is 0. The van der Waals surface area contributed by atoms with Crippen LogP contribution < -0.4 is 10.6 Å². The molecule has 0 unspecified atom stereocenters. The highest BCUT2D eigenvalue weighted by Crippen LogP contribution is 2.28. The quantitative estimate of drug-likeness (QED) is 0.561. The van der Waals surface area contributed by atoms with Crippen LogP contribution in [0.25, 0.3) is 0 Å². The van der Waals surface area contributed by atoms with Crippen molar-refractivity contribution in [2.45, 2.75) is 52.5 Å². The minimum absolute atomic E-state index is 0.0971. The zero-order chi connectivity index (χ0) is 15.2. The summed E-state index contributed by atoms with van der Waals surface area (Å²) in [4.78, 5) is 18.8. The van der Waals surface area contributed by atoms with Gasteiger partial charge in [0, 0.05) is 12.1 Å². The molecular formula is C13H23N5O2. The molecule has 0 atom stereocenters. The summed E-state index contributed by atoms with van der Waals surface area (Å²) in [7, 11) is 0. The van der Waals surface area contributed by atoms with Crippen LogP contribution in [0, 0.1) is 10.1 Å². The van der Waals surface area contributed by atoms with Gasteiger partial charge in [-0.15, -0.1) is 0 Å². The van der Waals surface area contributed by atoms with E-state index in [0.29, 0.717) is 5.95 Å². The maximum Gasteiger partial charge on any atom is 0.329 e. The van der Waals surface area contributed by atoms with Gasteiger partial charge in [0.1, 0.15) is 6.20 Å². The van der Waals surface area contributed by atoms with E-state index in [2.05, 4.69) is 20.6 Å². The minimum Gasteiger partial charge on any atom is -0.359 e. The van der Waals surface area contributed by atoms with E-state index < -0.39 is 4.92 Å². The highest BCUT2D eigenvalue weighted by atomic mass is 16.6. The average Bonchev–Trinajstić information content (AvgIpc) is 2.44. The van der Waals surface area contributed by atoms with Crippen LogP contribution >= 0.6 is 0 Å². The molecule has 1 aromatic rings. The summed E-state index contributed by atoms with van der Waals surface area (Å²) in [5, 5.41) is 17.3. The number of anilines is 2. The number of hydrogen-bond acceptors (Lipinski definition) is 6. The highest BCUT2D eigenvalue weighted by Gasteiger charge is 2.25. The molecule has 0 fully saturated rings. The van der Waals surface area contributed by atoms with E-state index in [1.807, 2.05) is 27.7 Å². The normalized spacial score (nSPS) is 11.2. The molecule has 0 spiro atoms. The van der Waals surface area contributed by atoms with Crippen LogP contribution in [0.4, 0.5) is 17.5 Å². The van der Waals surface area contributed by atoms with Crippen molar-refractivity contribution in [3.05, 3.63) is 16.3 Å². The van der Waals surface area contributed by atoms with Crippen LogP contribution in [-0.2, 0) is 0 Å². The fourth-order valence-corrected chi connectivity index (χ4v) is 1.64. The summed E-state index contributed by atoms with van der Waals surface area (Å²) in [5.74, 6) is 0.685. The molecule has 0 bridgehead atoms. The molecule has 20 heavy (non-hydrogen) atoms. The number of nitrogens with one attached hydrogen (secondary N) is 2. The minimum atomic E-state index is -0.461. The molecule has 0 saturated carbocycles. The van der Waals surface area contributed by atoms with E-state index in [1.54, 1.807) is 0 Å². The zero-order valence-corrected chi connectivity index (χ0v) is 12.6. The van der Waals surface area contributed by atoms with Gasteiger partial charge in [-0.25, -0.2) is 4.98 Å². The maximum atomic E-state index is 11.1. The lowest BCUT2D eigenvalue weighted by Gasteiger charge is -2.28. The van der Waals surface area contributed by atoms with E-state index >= 15 is 0 Å². The average molecular weight is 281 g/mol. The molecule has 7 nitrogen and oxygen atoms in total. The first-order chi connectivity index (χ1) is 9.45. The molecule has 1 heterocycles. The summed E-state index contributed by atoms with van der Waals surface area (Å²) in [6.07, 6.45) is 3.88. The van der Waals surface area contributed by atoms with E-state index in [1.165, 1.54) is 6.20 Å². The molecule has 2 N–H and O–H groups in total. The van der Waals surface area contributed by atoms with Gasteiger partial charge < -0.3 is 10.6 Å². The first-order valence-electron chi connectivity index (χ1n) is 6.99. The largest absolute Gasteiger partial charge is 0.359 e. The number of nitrogens with zero attached hydrogens (tertiary/aromatic N) is 3. The van der Waals surface area contributed by atoms with Crippen molar-refractivity contribution in [1.29, 1.82) is 0 Å². The van der Waals surface area contributed by atoms with Crippen LogP contribution in [0.3, 0.4) is 0 Å². The van der Waals surface area contributed by atoms with Crippen molar-refractivity contribution in [3.8, 4) is 0 Å². The lowest BCUT2D eigenvalue weighted by atomic mass is 9.95. The Labute approximate surface area is 119 Å². The lowest BCUT2D eigenvalue weighted by Crippen LogP contribution is -2.33. The van der Waals surface area contributed by atoms with Gasteiger partial charge in [0.25, 0.3) is 0 Å². The second kappa shape index (κ2) is 7.02. The van der Waals surface area contributed by atoms with Gasteiger partial charge in [0.15, 0.2) is 0 Å². The second-order valence-electron chi connectivity index (χ2n) is 5.00. The molecule has 0 aliphatic heterocycles. The number of nitro groups is 1. The Hall–Kier alpha value is -1.92. The second-order valence-corrected chi connectivity index (χ2v) is 5.00. The molecule has 7 heteroatoms. The van der Waals surface area contributed by atoms with Gasteiger partial charge in [-0.3, -0.25) is 10.1 Å². The maximum absolute atomic E-state index is 11.1. The van der Waals surface area contributed by atoms with E-state index in [4.69, 9.17) is 0 Å². The van der Waals surface area contributed by atoms with Crippen LogP contribution in [0.15, 0.2) is 6.20 Å².